The summed E-state index contributed by atoms with van der Waals surface area (Å²) in [5.41, 5.74) is 0.834. The number of benzene rings is 2. The van der Waals surface area contributed by atoms with Gasteiger partial charge in [0.1, 0.15) is 24.6 Å². The van der Waals surface area contributed by atoms with E-state index in [9.17, 15) is 9.59 Å². The molecule has 0 bridgehead atoms. The molecule has 0 spiro atoms. The van der Waals surface area contributed by atoms with Crippen LogP contribution in [-0.4, -0.2) is 30.3 Å². The second-order valence-electron chi connectivity index (χ2n) is 7.44. The van der Waals surface area contributed by atoms with E-state index in [1.807, 2.05) is 37.3 Å². The van der Waals surface area contributed by atoms with Gasteiger partial charge in [-0.05, 0) is 57.5 Å². The van der Waals surface area contributed by atoms with E-state index in [1.165, 1.54) is 0 Å². The molecule has 0 aliphatic carbocycles. The van der Waals surface area contributed by atoms with Crippen LogP contribution in [0.2, 0.25) is 0 Å². The molecule has 2 aromatic rings. The minimum atomic E-state index is -0.546. The Labute approximate surface area is 165 Å². The van der Waals surface area contributed by atoms with E-state index < -0.39 is 17.7 Å². The zero-order chi connectivity index (χ0) is 20.6. The number of esters is 1. The van der Waals surface area contributed by atoms with Crippen molar-refractivity contribution in [3.63, 3.8) is 0 Å². The van der Waals surface area contributed by atoms with Gasteiger partial charge >= 0.3 is 12.1 Å². The number of carbonyl (C=O) groups excluding carboxylic acids is 2. The topological polar surface area (TPSA) is 73.9 Å². The lowest BCUT2D eigenvalue weighted by Gasteiger charge is -2.22. The summed E-state index contributed by atoms with van der Waals surface area (Å²) in [5.74, 6) is 0.202. The molecule has 0 heterocycles. The lowest BCUT2D eigenvalue weighted by Crippen LogP contribution is -2.40. The highest BCUT2D eigenvalue weighted by Gasteiger charge is 2.18. The largest absolute Gasteiger partial charge is 0.491 e. The number of carbonyl (C=O) groups is 2. The quantitative estimate of drug-likeness (QED) is 0.718. The van der Waals surface area contributed by atoms with Crippen molar-refractivity contribution < 1.29 is 23.8 Å². The van der Waals surface area contributed by atoms with Crippen LogP contribution in [0.4, 0.5) is 4.79 Å². The molecule has 0 saturated heterocycles. The molecule has 150 valence electrons. The highest BCUT2D eigenvalue weighted by atomic mass is 16.6. The maximum atomic E-state index is 12.1. The van der Waals surface area contributed by atoms with Crippen LogP contribution >= 0.6 is 0 Å². The van der Waals surface area contributed by atoms with E-state index in [-0.39, 0.29) is 19.3 Å². The fourth-order valence-corrected chi connectivity index (χ4v) is 2.27. The van der Waals surface area contributed by atoms with Crippen molar-refractivity contribution in [2.24, 2.45) is 0 Å². The first-order valence-electron chi connectivity index (χ1n) is 9.16. The van der Waals surface area contributed by atoms with Gasteiger partial charge in [-0.1, -0.05) is 30.3 Å². The zero-order valence-electron chi connectivity index (χ0n) is 16.7. The molecule has 2 aromatic carbocycles. The van der Waals surface area contributed by atoms with Gasteiger partial charge in [-0.2, -0.15) is 0 Å². The van der Waals surface area contributed by atoms with Gasteiger partial charge in [0.25, 0.3) is 0 Å². The summed E-state index contributed by atoms with van der Waals surface area (Å²) in [4.78, 5) is 23.8. The molecule has 0 saturated carbocycles. The summed E-state index contributed by atoms with van der Waals surface area (Å²) in [6.07, 6.45) is -0.486. The Morgan fingerprint density at radius 2 is 1.64 bits per heavy atom. The number of ether oxygens (including phenoxy) is 3. The van der Waals surface area contributed by atoms with E-state index in [4.69, 9.17) is 14.2 Å². The highest BCUT2D eigenvalue weighted by Crippen LogP contribution is 2.14. The molecule has 1 amide bonds. The maximum Gasteiger partial charge on any atom is 0.407 e. The van der Waals surface area contributed by atoms with Gasteiger partial charge in [-0.15, -0.1) is 0 Å². The fraction of sp³-hybridized carbons (Fsp3) is 0.364. The van der Waals surface area contributed by atoms with Crippen LogP contribution in [0, 0.1) is 0 Å². The second kappa shape index (κ2) is 9.78. The maximum absolute atomic E-state index is 12.1. The second-order valence-corrected chi connectivity index (χ2v) is 7.44. The third kappa shape index (κ3) is 7.70. The standard InChI is InChI=1S/C22H27NO5/c1-16(23-21(25)28-22(2,3)4)14-26-19-12-10-18(11-13-19)20(24)27-15-17-8-6-5-7-9-17/h5-13,16H,14-15H2,1-4H3,(H,23,25). The minimum absolute atomic E-state index is 0.228. The third-order valence-electron chi connectivity index (χ3n) is 3.57. The van der Waals surface area contributed by atoms with Gasteiger partial charge in [0.15, 0.2) is 0 Å². The van der Waals surface area contributed by atoms with E-state index in [0.717, 1.165) is 5.56 Å². The molecule has 2 rings (SSSR count). The normalized spacial score (nSPS) is 12.0. The summed E-state index contributed by atoms with van der Waals surface area (Å²) in [7, 11) is 0. The number of hydrogen-bond acceptors (Lipinski definition) is 5. The number of nitrogens with one attached hydrogen (secondary N) is 1. The molecule has 0 aromatic heterocycles. The Bertz CT molecular complexity index is 766. The van der Waals surface area contributed by atoms with Crippen molar-refractivity contribution in [3.8, 4) is 5.75 Å². The average molecular weight is 385 g/mol. The van der Waals surface area contributed by atoms with E-state index in [2.05, 4.69) is 5.32 Å². The Morgan fingerprint density at radius 1 is 1.00 bits per heavy atom. The minimum Gasteiger partial charge on any atom is -0.491 e. The van der Waals surface area contributed by atoms with E-state index in [1.54, 1.807) is 45.0 Å². The Hall–Kier alpha value is -3.02. The van der Waals surface area contributed by atoms with Crippen molar-refractivity contribution in [1.29, 1.82) is 0 Å². The van der Waals surface area contributed by atoms with E-state index in [0.29, 0.717) is 11.3 Å². The summed E-state index contributed by atoms with van der Waals surface area (Å²) < 4.78 is 16.1. The lowest BCUT2D eigenvalue weighted by molar-refractivity contribution is 0.0467. The summed E-state index contributed by atoms with van der Waals surface area (Å²) in [6, 6.07) is 16.0. The summed E-state index contributed by atoms with van der Waals surface area (Å²) >= 11 is 0. The Balaban J connectivity index is 1.77. The predicted molar refractivity (Wildman–Crippen MR) is 106 cm³/mol. The third-order valence-corrected chi connectivity index (χ3v) is 3.57. The van der Waals surface area contributed by atoms with E-state index >= 15 is 0 Å². The monoisotopic (exact) mass is 385 g/mol. The van der Waals surface area contributed by atoms with Gasteiger partial charge in [-0.3, -0.25) is 0 Å². The number of rotatable bonds is 7. The molecular weight excluding hydrogens is 358 g/mol. The van der Waals surface area contributed by atoms with Crippen molar-refractivity contribution in [2.45, 2.75) is 45.9 Å². The summed E-state index contributed by atoms with van der Waals surface area (Å²) in [5, 5.41) is 2.71. The van der Waals surface area contributed by atoms with Crippen molar-refractivity contribution in [1.82, 2.24) is 5.32 Å². The van der Waals surface area contributed by atoms with Crippen LogP contribution in [0.1, 0.15) is 43.6 Å². The predicted octanol–water partition coefficient (Wildman–Crippen LogP) is 4.34. The van der Waals surface area contributed by atoms with Gasteiger partial charge in [-0.25, -0.2) is 9.59 Å². The van der Waals surface area contributed by atoms with Gasteiger partial charge in [0.2, 0.25) is 0 Å². The molecule has 6 nitrogen and oxygen atoms in total. The van der Waals surface area contributed by atoms with Gasteiger partial charge in [0, 0.05) is 0 Å². The number of alkyl carbamates (subject to hydrolysis) is 1. The number of amides is 1. The molecule has 0 fully saturated rings. The van der Waals surface area contributed by atoms with Crippen molar-refractivity contribution >= 4 is 12.1 Å². The first kappa shape index (κ1) is 21.3. The first-order chi connectivity index (χ1) is 13.2. The lowest BCUT2D eigenvalue weighted by atomic mass is 10.2. The first-order valence-corrected chi connectivity index (χ1v) is 9.16. The molecule has 1 N–H and O–H groups in total. The van der Waals surface area contributed by atoms with Crippen molar-refractivity contribution in [2.75, 3.05) is 6.61 Å². The average Bonchev–Trinajstić information content (AvgIpc) is 2.64. The van der Waals surface area contributed by atoms with Crippen LogP contribution in [0.5, 0.6) is 5.75 Å². The Kier molecular flexibility index (Phi) is 7.44. The fourth-order valence-electron chi connectivity index (χ4n) is 2.27. The van der Waals surface area contributed by atoms with Crippen LogP contribution in [0.3, 0.4) is 0 Å². The smallest absolute Gasteiger partial charge is 0.407 e. The van der Waals surface area contributed by atoms with Crippen LogP contribution in [0.25, 0.3) is 0 Å². The zero-order valence-corrected chi connectivity index (χ0v) is 16.7. The molecule has 0 aliphatic rings. The molecule has 1 atom stereocenters. The SMILES string of the molecule is CC(COc1ccc(C(=O)OCc2ccccc2)cc1)NC(=O)OC(C)(C)C. The van der Waals surface area contributed by atoms with Crippen LogP contribution < -0.4 is 10.1 Å². The molecule has 0 radical (unpaired) electrons. The van der Waals surface area contributed by atoms with Crippen LogP contribution in [0.15, 0.2) is 54.6 Å². The molecular formula is C22H27NO5. The highest BCUT2D eigenvalue weighted by molar-refractivity contribution is 5.89. The van der Waals surface area contributed by atoms with Gasteiger partial charge in [0.05, 0.1) is 11.6 Å². The molecule has 0 aliphatic heterocycles. The van der Waals surface area contributed by atoms with Crippen LogP contribution in [-0.2, 0) is 16.1 Å². The number of hydrogen-bond donors (Lipinski definition) is 1. The Morgan fingerprint density at radius 3 is 2.25 bits per heavy atom. The van der Waals surface area contributed by atoms with Gasteiger partial charge < -0.3 is 19.5 Å². The van der Waals surface area contributed by atoms with Crippen molar-refractivity contribution in [3.05, 3.63) is 65.7 Å². The molecule has 6 heteroatoms. The molecule has 28 heavy (non-hydrogen) atoms. The molecule has 1 unspecified atom stereocenters. The summed E-state index contributed by atoms with van der Waals surface area (Å²) in [6.45, 7) is 7.74.